The van der Waals surface area contributed by atoms with Crippen LogP contribution in [0.1, 0.15) is 26.2 Å². The van der Waals surface area contributed by atoms with Gasteiger partial charge in [-0.3, -0.25) is 4.79 Å². The average molecular weight is 153 g/mol. The maximum absolute atomic E-state index is 10.9. The van der Waals surface area contributed by atoms with E-state index in [0.717, 1.165) is 12.8 Å². The number of carbonyl (C=O) groups is 1. The van der Waals surface area contributed by atoms with Crippen molar-refractivity contribution in [1.29, 1.82) is 5.26 Å². The third-order valence-corrected chi connectivity index (χ3v) is 1.88. The van der Waals surface area contributed by atoms with E-state index in [1.54, 1.807) is 6.92 Å². The summed E-state index contributed by atoms with van der Waals surface area (Å²) in [5, 5.41) is 8.62. The molecule has 3 heteroatoms. The van der Waals surface area contributed by atoms with Crippen LogP contribution in [0.15, 0.2) is 0 Å². The molecular weight excluding hydrogens is 142 g/mol. The molecule has 3 nitrogen and oxygen atoms in total. The van der Waals surface area contributed by atoms with Gasteiger partial charge in [0.1, 0.15) is 0 Å². The average Bonchev–Trinajstić information content (AvgIpc) is 2.70. The zero-order valence-corrected chi connectivity index (χ0v) is 6.59. The Bertz CT molecular complexity index is 201. The van der Waals surface area contributed by atoms with Gasteiger partial charge in [0.05, 0.1) is 24.5 Å². The van der Waals surface area contributed by atoms with Crippen molar-refractivity contribution in [2.45, 2.75) is 26.2 Å². The van der Waals surface area contributed by atoms with Crippen LogP contribution in [0.25, 0.3) is 0 Å². The van der Waals surface area contributed by atoms with Crippen molar-refractivity contribution in [3.05, 3.63) is 0 Å². The third kappa shape index (κ3) is 1.94. The Balaban J connectivity index is 2.32. The Labute approximate surface area is 66.0 Å². The highest BCUT2D eigenvalue weighted by Gasteiger charge is 2.45. The Hall–Kier alpha value is -1.04. The molecule has 60 valence electrons. The van der Waals surface area contributed by atoms with E-state index in [-0.39, 0.29) is 17.8 Å². The summed E-state index contributed by atoms with van der Waals surface area (Å²) in [6.07, 6.45) is 1.97. The van der Waals surface area contributed by atoms with Gasteiger partial charge in [-0.15, -0.1) is 0 Å². The molecule has 0 bridgehead atoms. The summed E-state index contributed by atoms with van der Waals surface area (Å²) in [7, 11) is 0. The molecule has 1 aliphatic carbocycles. The molecule has 0 aliphatic heterocycles. The summed E-state index contributed by atoms with van der Waals surface area (Å²) >= 11 is 0. The zero-order chi connectivity index (χ0) is 8.32. The molecule has 0 spiro atoms. The van der Waals surface area contributed by atoms with Gasteiger partial charge < -0.3 is 4.74 Å². The summed E-state index contributed by atoms with van der Waals surface area (Å²) in [5.74, 6) is -0.244. The van der Waals surface area contributed by atoms with E-state index in [0.29, 0.717) is 6.61 Å². The molecule has 0 aromatic carbocycles. The summed E-state index contributed by atoms with van der Waals surface area (Å²) in [6.45, 7) is 2.17. The largest absolute Gasteiger partial charge is 0.466 e. The monoisotopic (exact) mass is 153 g/mol. The number of ether oxygens (including phenoxy) is 1. The molecule has 0 amide bonds. The molecule has 1 fully saturated rings. The fourth-order valence-corrected chi connectivity index (χ4v) is 0.967. The molecule has 1 saturated carbocycles. The Kier molecular flexibility index (Phi) is 2.13. The molecule has 0 N–H and O–H groups in total. The lowest BCUT2D eigenvalue weighted by Gasteiger charge is -2.03. The number of nitriles is 1. The fourth-order valence-electron chi connectivity index (χ4n) is 0.967. The minimum atomic E-state index is -0.355. The minimum Gasteiger partial charge on any atom is -0.466 e. The number of carbonyl (C=O) groups excluding carboxylic acids is 1. The maximum atomic E-state index is 10.9. The molecule has 0 aromatic rings. The van der Waals surface area contributed by atoms with E-state index in [1.165, 1.54) is 0 Å². The van der Waals surface area contributed by atoms with E-state index in [2.05, 4.69) is 6.07 Å². The van der Waals surface area contributed by atoms with Crippen molar-refractivity contribution in [2.75, 3.05) is 6.61 Å². The summed E-state index contributed by atoms with van der Waals surface area (Å²) in [6, 6.07) is 2.14. The molecule has 1 aliphatic rings. The third-order valence-electron chi connectivity index (χ3n) is 1.88. The van der Waals surface area contributed by atoms with E-state index in [9.17, 15) is 4.79 Å². The Morgan fingerprint density at radius 1 is 1.73 bits per heavy atom. The predicted octanol–water partition coefficient (Wildman–Crippen LogP) is 1.24. The van der Waals surface area contributed by atoms with E-state index >= 15 is 0 Å². The van der Waals surface area contributed by atoms with Gasteiger partial charge in [-0.25, -0.2) is 0 Å². The van der Waals surface area contributed by atoms with Gasteiger partial charge in [-0.2, -0.15) is 5.26 Å². The van der Waals surface area contributed by atoms with Crippen LogP contribution in [-0.4, -0.2) is 12.6 Å². The van der Waals surface area contributed by atoms with Crippen LogP contribution in [0, 0.1) is 16.7 Å². The molecular formula is C8H11NO2. The summed E-state index contributed by atoms with van der Waals surface area (Å²) in [5.41, 5.74) is -0.355. The van der Waals surface area contributed by atoms with E-state index in [4.69, 9.17) is 10.00 Å². The van der Waals surface area contributed by atoms with Gasteiger partial charge >= 0.3 is 5.97 Å². The summed E-state index contributed by atoms with van der Waals surface area (Å²) in [4.78, 5) is 10.9. The van der Waals surface area contributed by atoms with Gasteiger partial charge in [0.25, 0.3) is 0 Å². The molecule has 0 radical (unpaired) electrons. The second-order valence-corrected chi connectivity index (χ2v) is 2.87. The number of esters is 1. The fraction of sp³-hybridized carbons (Fsp3) is 0.750. The van der Waals surface area contributed by atoms with Gasteiger partial charge in [0, 0.05) is 0 Å². The van der Waals surface area contributed by atoms with E-state index < -0.39 is 0 Å². The Morgan fingerprint density at radius 3 is 2.73 bits per heavy atom. The first-order valence-electron chi connectivity index (χ1n) is 3.79. The van der Waals surface area contributed by atoms with Crippen LogP contribution in [0.4, 0.5) is 0 Å². The lowest BCUT2D eigenvalue weighted by Crippen LogP contribution is -2.10. The van der Waals surface area contributed by atoms with Crippen LogP contribution in [0.3, 0.4) is 0 Å². The van der Waals surface area contributed by atoms with Gasteiger partial charge in [0.15, 0.2) is 0 Å². The highest BCUT2D eigenvalue weighted by molar-refractivity contribution is 5.71. The normalized spacial score (nSPS) is 18.5. The maximum Gasteiger partial charge on any atom is 0.307 e. The first kappa shape index (κ1) is 8.06. The van der Waals surface area contributed by atoms with Gasteiger partial charge in [0.2, 0.25) is 0 Å². The SMILES string of the molecule is CCOC(=O)CC1(C#N)CC1. The van der Waals surface area contributed by atoms with Gasteiger partial charge in [-0.05, 0) is 19.8 Å². The summed E-state index contributed by atoms with van der Waals surface area (Å²) < 4.78 is 4.73. The molecule has 11 heavy (non-hydrogen) atoms. The van der Waals surface area contributed by atoms with Crippen LogP contribution >= 0.6 is 0 Å². The zero-order valence-electron chi connectivity index (χ0n) is 6.59. The van der Waals surface area contributed by atoms with Crippen LogP contribution in [0.5, 0.6) is 0 Å². The van der Waals surface area contributed by atoms with Crippen molar-refractivity contribution in [3.8, 4) is 6.07 Å². The first-order valence-corrected chi connectivity index (χ1v) is 3.79. The van der Waals surface area contributed by atoms with Crippen LogP contribution in [-0.2, 0) is 9.53 Å². The number of hydrogen-bond acceptors (Lipinski definition) is 3. The highest BCUT2D eigenvalue weighted by atomic mass is 16.5. The van der Waals surface area contributed by atoms with Crippen molar-refractivity contribution in [3.63, 3.8) is 0 Å². The predicted molar refractivity (Wildman–Crippen MR) is 38.5 cm³/mol. The first-order chi connectivity index (χ1) is 5.22. The molecule has 0 unspecified atom stereocenters. The molecule has 0 atom stereocenters. The number of nitrogens with zero attached hydrogens (tertiary/aromatic N) is 1. The van der Waals surface area contributed by atoms with Crippen molar-refractivity contribution < 1.29 is 9.53 Å². The second kappa shape index (κ2) is 2.91. The van der Waals surface area contributed by atoms with E-state index in [1.807, 2.05) is 0 Å². The minimum absolute atomic E-state index is 0.244. The van der Waals surface area contributed by atoms with Crippen molar-refractivity contribution in [2.24, 2.45) is 5.41 Å². The molecule has 1 rings (SSSR count). The Morgan fingerprint density at radius 2 is 2.36 bits per heavy atom. The highest BCUT2D eigenvalue weighted by Crippen LogP contribution is 2.48. The van der Waals surface area contributed by atoms with Crippen molar-refractivity contribution >= 4 is 5.97 Å². The topological polar surface area (TPSA) is 50.1 Å². The second-order valence-electron chi connectivity index (χ2n) is 2.87. The lowest BCUT2D eigenvalue weighted by molar-refractivity contribution is -0.144. The van der Waals surface area contributed by atoms with Crippen LogP contribution in [0.2, 0.25) is 0 Å². The number of rotatable bonds is 3. The smallest absolute Gasteiger partial charge is 0.307 e. The molecule has 0 heterocycles. The lowest BCUT2D eigenvalue weighted by atomic mass is 10.1. The van der Waals surface area contributed by atoms with Gasteiger partial charge in [-0.1, -0.05) is 0 Å². The van der Waals surface area contributed by atoms with Crippen LogP contribution < -0.4 is 0 Å². The standard InChI is InChI=1S/C8H11NO2/c1-2-11-7(10)5-8(6-9)3-4-8/h2-5H2,1H3. The number of hydrogen-bond donors (Lipinski definition) is 0. The molecule has 0 aromatic heterocycles. The van der Waals surface area contributed by atoms with Crippen molar-refractivity contribution in [1.82, 2.24) is 0 Å². The quantitative estimate of drug-likeness (QED) is 0.573. The molecule has 0 saturated heterocycles.